The van der Waals surface area contributed by atoms with E-state index in [0.717, 1.165) is 26.2 Å². The summed E-state index contributed by atoms with van der Waals surface area (Å²) in [6, 6.07) is 10.4. The summed E-state index contributed by atoms with van der Waals surface area (Å²) in [6.07, 6.45) is 2.00. The highest BCUT2D eigenvalue weighted by Crippen LogP contribution is 2.29. The minimum absolute atomic E-state index is 0.0585. The standard InChI is InChI=1S/C15H24N2O2S/c1-15(14-7-4-3-5-8-14)13-16-9-11-17(15)10-6-12-20(2,18)19/h3-5,7-8,16H,6,9-13H2,1-2H3. The number of hydrogen-bond acceptors (Lipinski definition) is 4. The number of piperazine rings is 1. The zero-order valence-electron chi connectivity index (χ0n) is 12.3. The van der Waals surface area contributed by atoms with Crippen LogP contribution in [-0.4, -0.2) is 51.5 Å². The predicted octanol–water partition coefficient (Wildman–Crippen LogP) is 1.24. The SMILES string of the molecule is CC1(c2ccccc2)CNCCN1CCCS(C)(=O)=O. The quantitative estimate of drug-likeness (QED) is 0.888. The fraction of sp³-hybridized carbons (Fsp3) is 0.600. The van der Waals surface area contributed by atoms with Crippen LogP contribution in [0.5, 0.6) is 0 Å². The van der Waals surface area contributed by atoms with Gasteiger partial charge < -0.3 is 5.32 Å². The topological polar surface area (TPSA) is 49.4 Å². The fourth-order valence-corrected chi connectivity index (χ4v) is 3.52. The lowest BCUT2D eigenvalue weighted by Gasteiger charge is -2.45. The van der Waals surface area contributed by atoms with Gasteiger partial charge in [0.25, 0.3) is 0 Å². The Balaban J connectivity index is 2.09. The zero-order valence-corrected chi connectivity index (χ0v) is 13.1. The molecule has 1 aliphatic rings. The van der Waals surface area contributed by atoms with Crippen LogP contribution in [0.3, 0.4) is 0 Å². The van der Waals surface area contributed by atoms with Crippen molar-refractivity contribution in [3.63, 3.8) is 0 Å². The van der Waals surface area contributed by atoms with Crippen LogP contribution in [0.15, 0.2) is 30.3 Å². The van der Waals surface area contributed by atoms with E-state index in [2.05, 4.69) is 41.4 Å². The predicted molar refractivity (Wildman–Crippen MR) is 82.6 cm³/mol. The number of benzene rings is 1. The molecule has 1 fully saturated rings. The summed E-state index contributed by atoms with van der Waals surface area (Å²) in [4.78, 5) is 2.41. The maximum atomic E-state index is 11.3. The summed E-state index contributed by atoms with van der Waals surface area (Å²) in [5, 5.41) is 3.45. The molecule has 1 N–H and O–H groups in total. The van der Waals surface area contributed by atoms with Crippen molar-refractivity contribution in [1.82, 2.24) is 10.2 Å². The molecular formula is C15H24N2O2S. The molecule has 0 bridgehead atoms. The lowest BCUT2D eigenvalue weighted by Crippen LogP contribution is -2.57. The second-order valence-corrected chi connectivity index (χ2v) is 8.05. The summed E-state index contributed by atoms with van der Waals surface area (Å²) in [5.41, 5.74) is 1.23. The van der Waals surface area contributed by atoms with E-state index in [-0.39, 0.29) is 11.3 Å². The van der Waals surface area contributed by atoms with Gasteiger partial charge in [0.2, 0.25) is 0 Å². The average molecular weight is 296 g/mol. The summed E-state index contributed by atoms with van der Waals surface area (Å²) in [5.74, 6) is 0.266. The number of hydrogen-bond donors (Lipinski definition) is 1. The van der Waals surface area contributed by atoms with Crippen molar-refractivity contribution in [1.29, 1.82) is 0 Å². The summed E-state index contributed by atoms with van der Waals surface area (Å²) in [7, 11) is -2.87. The minimum atomic E-state index is -2.87. The van der Waals surface area contributed by atoms with Gasteiger partial charge in [0, 0.05) is 32.4 Å². The highest BCUT2D eigenvalue weighted by Gasteiger charge is 2.35. The van der Waals surface area contributed by atoms with Crippen LogP contribution in [0, 0.1) is 0 Å². The second kappa shape index (κ2) is 6.24. The van der Waals surface area contributed by atoms with E-state index in [4.69, 9.17) is 0 Å². The summed E-state index contributed by atoms with van der Waals surface area (Å²) in [6.45, 7) is 5.86. The van der Waals surface area contributed by atoms with Crippen LogP contribution in [0.2, 0.25) is 0 Å². The van der Waals surface area contributed by atoms with Gasteiger partial charge in [-0.1, -0.05) is 30.3 Å². The molecule has 2 rings (SSSR count). The maximum Gasteiger partial charge on any atom is 0.147 e. The number of nitrogens with zero attached hydrogens (tertiary/aromatic N) is 1. The molecule has 1 heterocycles. The summed E-state index contributed by atoms with van der Waals surface area (Å²) >= 11 is 0. The van der Waals surface area contributed by atoms with Crippen LogP contribution >= 0.6 is 0 Å². The van der Waals surface area contributed by atoms with Crippen molar-refractivity contribution in [2.24, 2.45) is 0 Å². The third kappa shape index (κ3) is 3.81. The Morgan fingerprint density at radius 2 is 2.00 bits per heavy atom. The molecule has 1 aliphatic heterocycles. The molecule has 4 nitrogen and oxygen atoms in total. The van der Waals surface area contributed by atoms with Crippen LogP contribution < -0.4 is 5.32 Å². The third-order valence-corrected chi connectivity index (χ3v) is 5.09. The van der Waals surface area contributed by atoms with Crippen molar-refractivity contribution in [2.75, 3.05) is 38.2 Å². The number of rotatable bonds is 5. The van der Waals surface area contributed by atoms with E-state index in [9.17, 15) is 8.42 Å². The molecule has 1 unspecified atom stereocenters. The van der Waals surface area contributed by atoms with E-state index >= 15 is 0 Å². The molecule has 1 aromatic rings. The molecular weight excluding hydrogens is 272 g/mol. The number of sulfone groups is 1. The van der Waals surface area contributed by atoms with Crippen molar-refractivity contribution in [3.05, 3.63) is 35.9 Å². The third-order valence-electron chi connectivity index (χ3n) is 4.06. The Kier molecular flexibility index (Phi) is 4.83. The normalized spacial score (nSPS) is 24.7. The Morgan fingerprint density at radius 3 is 2.65 bits per heavy atom. The van der Waals surface area contributed by atoms with Gasteiger partial charge in [-0.3, -0.25) is 4.90 Å². The largest absolute Gasteiger partial charge is 0.313 e. The van der Waals surface area contributed by atoms with Gasteiger partial charge in [-0.25, -0.2) is 8.42 Å². The first kappa shape index (κ1) is 15.5. The van der Waals surface area contributed by atoms with Gasteiger partial charge in [0.15, 0.2) is 0 Å². The fourth-order valence-electron chi connectivity index (χ4n) is 2.86. The van der Waals surface area contributed by atoms with Crippen molar-refractivity contribution in [3.8, 4) is 0 Å². The van der Waals surface area contributed by atoms with Crippen LogP contribution in [0.1, 0.15) is 18.9 Å². The van der Waals surface area contributed by atoms with Crippen molar-refractivity contribution < 1.29 is 8.42 Å². The second-order valence-electron chi connectivity index (χ2n) is 5.79. The summed E-state index contributed by atoms with van der Waals surface area (Å²) < 4.78 is 22.5. The molecule has 1 saturated heterocycles. The van der Waals surface area contributed by atoms with Gasteiger partial charge >= 0.3 is 0 Å². The van der Waals surface area contributed by atoms with E-state index in [1.165, 1.54) is 11.8 Å². The molecule has 0 aliphatic carbocycles. The first-order chi connectivity index (χ1) is 9.42. The molecule has 0 radical (unpaired) electrons. The lowest BCUT2D eigenvalue weighted by atomic mass is 9.88. The smallest absolute Gasteiger partial charge is 0.147 e. The Labute approximate surface area is 122 Å². The molecule has 112 valence electrons. The van der Waals surface area contributed by atoms with Crippen molar-refractivity contribution in [2.45, 2.75) is 18.9 Å². The van der Waals surface area contributed by atoms with E-state index in [1.54, 1.807) is 0 Å². The highest BCUT2D eigenvalue weighted by molar-refractivity contribution is 7.90. The molecule has 5 heteroatoms. The molecule has 0 spiro atoms. The van der Waals surface area contributed by atoms with Crippen LogP contribution in [0.25, 0.3) is 0 Å². The van der Waals surface area contributed by atoms with Gasteiger partial charge in [-0.15, -0.1) is 0 Å². The first-order valence-corrected chi connectivity index (χ1v) is 9.17. The molecule has 0 amide bonds. The Bertz CT molecular complexity index is 530. The Hall–Kier alpha value is -0.910. The molecule has 20 heavy (non-hydrogen) atoms. The van der Waals surface area contributed by atoms with E-state index in [0.29, 0.717) is 6.42 Å². The van der Waals surface area contributed by atoms with Gasteiger partial charge in [-0.05, 0) is 18.9 Å². The van der Waals surface area contributed by atoms with Crippen LogP contribution in [-0.2, 0) is 15.4 Å². The Morgan fingerprint density at radius 1 is 1.30 bits per heavy atom. The van der Waals surface area contributed by atoms with Gasteiger partial charge in [0.05, 0.1) is 11.3 Å². The van der Waals surface area contributed by atoms with Crippen molar-refractivity contribution >= 4 is 9.84 Å². The highest BCUT2D eigenvalue weighted by atomic mass is 32.2. The molecule has 1 aromatic carbocycles. The maximum absolute atomic E-state index is 11.3. The van der Waals surface area contributed by atoms with E-state index < -0.39 is 9.84 Å². The zero-order chi connectivity index (χ0) is 14.6. The lowest BCUT2D eigenvalue weighted by molar-refractivity contribution is 0.0734. The monoisotopic (exact) mass is 296 g/mol. The average Bonchev–Trinajstić information content (AvgIpc) is 2.41. The minimum Gasteiger partial charge on any atom is -0.313 e. The number of nitrogens with one attached hydrogen (secondary N) is 1. The van der Waals surface area contributed by atoms with Gasteiger partial charge in [-0.2, -0.15) is 0 Å². The van der Waals surface area contributed by atoms with Crippen LogP contribution in [0.4, 0.5) is 0 Å². The van der Waals surface area contributed by atoms with E-state index in [1.807, 2.05) is 6.07 Å². The first-order valence-electron chi connectivity index (χ1n) is 7.11. The molecule has 1 atom stereocenters. The molecule has 0 saturated carbocycles. The van der Waals surface area contributed by atoms with Gasteiger partial charge in [0.1, 0.15) is 9.84 Å². The molecule has 0 aromatic heterocycles.